The third-order valence-corrected chi connectivity index (χ3v) is 5.34. The molecule has 4 heterocycles. The molecule has 37 heavy (non-hydrogen) atoms. The number of likely N-dealkylation sites (tertiary alicyclic amines) is 1. The first-order valence-corrected chi connectivity index (χ1v) is 10.9. The topological polar surface area (TPSA) is 121 Å². The maximum atomic E-state index is 14.5. The number of nitrogens with zero attached hydrogens (tertiary/aromatic N) is 4. The number of imidazole rings is 1. The molecule has 1 aliphatic heterocycles. The number of H-pyrrole nitrogens is 1. The van der Waals surface area contributed by atoms with Crippen LogP contribution in [-0.2, 0) is 4.79 Å². The van der Waals surface area contributed by atoms with Crippen LogP contribution in [-0.4, -0.2) is 72.9 Å². The Morgan fingerprint density at radius 1 is 1.22 bits per heavy atom. The number of piperidine rings is 1. The van der Waals surface area contributed by atoms with Crippen LogP contribution in [0.3, 0.4) is 0 Å². The van der Waals surface area contributed by atoms with E-state index in [0.29, 0.717) is 29.3 Å². The van der Waals surface area contributed by atoms with Crippen molar-refractivity contribution in [2.24, 2.45) is 0 Å². The van der Waals surface area contributed by atoms with E-state index in [1.165, 1.54) is 29.4 Å². The first-order valence-electron chi connectivity index (χ1n) is 10.9. The number of aliphatic carboxylic acids is 1. The summed E-state index contributed by atoms with van der Waals surface area (Å²) >= 11 is 0. The van der Waals surface area contributed by atoms with E-state index < -0.39 is 36.2 Å². The van der Waals surface area contributed by atoms with Gasteiger partial charge in [-0.1, -0.05) is 19.2 Å². The van der Waals surface area contributed by atoms with Gasteiger partial charge in [-0.05, 0) is 29.8 Å². The summed E-state index contributed by atoms with van der Waals surface area (Å²) in [5.74, 6) is -9.20. The number of aromatic amines is 1. The zero-order valence-corrected chi connectivity index (χ0v) is 19.6. The summed E-state index contributed by atoms with van der Waals surface area (Å²) in [6.45, 7) is 7.27. The summed E-state index contributed by atoms with van der Waals surface area (Å²) in [6, 6.07) is 6.38. The van der Waals surface area contributed by atoms with Gasteiger partial charge in [-0.25, -0.2) is 28.5 Å². The second-order valence-corrected chi connectivity index (χ2v) is 8.06. The quantitative estimate of drug-likeness (QED) is 0.464. The standard InChI is InChI=1S/C21H19F2N5O2.C3H4F2O2/c1-3-13-5-8-18(26-14(13)4-2)30-17-11-28(10-9-21(17,22)23)20(29)16-7-6-15-19(27-16)25-12-24-15;1-3(4,5)2(6)7/h3-8,12,17H,1-2,9-11H2,(H,24,25,27);1H3,(H,6,7). The number of rotatable bonds is 6. The van der Waals surface area contributed by atoms with Gasteiger partial charge in [0.25, 0.3) is 11.8 Å². The number of carbonyl (C=O) groups excluding carboxylic acids is 1. The molecule has 0 spiro atoms. The van der Waals surface area contributed by atoms with Gasteiger partial charge >= 0.3 is 11.9 Å². The molecule has 1 fully saturated rings. The molecule has 0 saturated carbocycles. The van der Waals surface area contributed by atoms with E-state index in [4.69, 9.17) is 9.84 Å². The van der Waals surface area contributed by atoms with Crippen molar-refractivity contribution < 1.29 is 37.0 Å². The van der Waals surface area contributed by atoms with Gasteiger partial charge in [0.05, 0.1) is 24.1 Å². The molecule has 3 aromatic rings. The molecule has 196 valence electrons. The van der Waals surface area contributed by atoms with Crippen LogP contribution in [0.25, 0.3) is 23.3 Å². The summed E-state index contributed by atoms with van der Waals surface area (Å²) in [6.07, 6.45) is 2.50. The third kappa shape index (κ3) is 6.48. The number of pyridine rings is 2. The zero-order valence-electron chi connectivity index (χ0n) is 19.6. The van der Waals surface area contributed by atoms with Crippen LogP contribution in [0.2, 0.25) is 0 Å². The number of hydrogen-bond acceptors (Lipinski definition) is 6. The average molecular weight is 521 g/mol. The van der Waals surface area contributed by atoms with Crippen molar-refractivity contribution in [1.82, 2.24) is 24.8 Å². The van der Waals surface area contributed by atoms with Gasteiger partial charge in [-0.3, -0.25) is 4.79 Å². The van der Waals surface area contributed by atoms with E-state index in [1.54, 1.807) is 18.2 Å². The fourth-order valence-electron chi connectivity index (χ4n) is 3.30. The molecule has 1 saturated heterocycles. The lowest BCUT2D eigenvalue weighted by atomic mass is 10.0. The Morgan fingerprint density at radius 2 is 1.92 bits per heavy atom. The number of hydrogen-bond donors (Lipinski definition) is 2. The lowest BCUT2D eigenvalue weighted by molar-refractivity contribution is -0.161. The van der Waals surface area contributed by atoms with E-state index in [9.17, 15) is 27.2 Å². The molecule has 1 unspecified atom stereocenters. The molecule has 0 radical (unpaired) electrons. The molecule has 2 N–H and O–H groups in total. The fourth-order valence-corrected chi connectivity index (χ4v) is 3.30. The highest BCUT2D eigenvalue weighted by molar-refractivity contribution is 5.94. The fraction of sp³-hybridized carbons (Fsp3) is 0.292. The number of amides is 1. The molecule has 0 aromatic carbocycles. The first-order chi connectivity index (χ1) is 17.4. The molecule has 3 aromatic heterocycles. The minimum absolute atomic E-state index is 0.0329. The molecule has 9 nitrogen and oxygen atoms in total. The van der Waals surface area contributed by atoms with Crippen LogP contribution in [0.15, 0.2) is 43.8 Å². The third-order valence-electron chi connectivity index (χ3n) is 5.34. The molecule has 0 aliphatic carbocycles. The number of carbonyl (C=O) groups is 2. The van der Waals surface area contributed by atoms with Crippen molar-refractivity contribution in [3.05, 3.63) is 60.7 Å². The predicted molar refractivity (Wildman–Crippen MR) is 126 cm³/mol. The maximum absolute atomic E-state index is 14.5. The summed E-state index contributed by atoms with van der Waals surface area (Å²) in [7, 11) is 0. The van der Waals surface area contributed by atoms with Crippen LogP contribution in [0.5, 0.6) is 5.88 Å². The number of ether oxygens (including phenoxy) is 1. The van der Waals surface area contributed by atoms with Crippen molar-refractivity contribution in [1.29, 1.82) is 0 Å². The number of carboxylic acid groups (broad SMARTS) is 1. The average Bonchev–Trinajstić information content (AvgIpc) is 3.32. The van der Waals surface area contributed by atoms with E-state index >= 15 is 0 Å². The van der Waals surface area contributed by atoms with Crippen molar-refractivity contribution in [2.45, 2.75) is 31.3 Å². The Labute approximate surface area is 208 Å². The maximum Gasteiger partial charge on any atom is 0.374 e. The molecule has 0 bridgehead atoms. The summed E-state index contributed by atoms with van der Waals surface area (Å²) in [5.41, 5.74) is 2.40. The predicted octanol–water partition coefficient (Wildman–Crippen LogP) is 4.29. The minimum atomic E-state index is -3.58. The Balaban J connectivity index is 0.000000479. The normalized spacial score (nSPS) is 16.9. The van der Waals surface area contributed by atoms with Crippen LogP contribution >= 0.6 is 0 Å². The molecule has 1 amide bonds. The van der Waals surface area contributed by atoms with Crippen LogP contribution in [0.4, 0.5) is 17.6 Å². The van der Waals surface area contributed by atoms with Crippen LogP contribution < -0.4 is 4.74 Å². The van der Waals surface area contributed by atoms with E-state index in [-0.39, 0.29) is 24.7 Å². The highest BCUT2D eigenvalue weighted by Crippen LogP contribution is 2.32. The smallest absolute Gasteiger partial charge is 0.374 e. The van der Waals surface area contributed by atoms with Crippen molar-refractivity contribution in [2.75, 3.05) is 13.1 Å². The molecular formula is C24H23F4N5O4. The Kier molecular flexibility index (Phi) is 7.94. The molecule has 1 atom stereocenters. The number of alkyl halides is 4. The number of aromatic nitrogens is 4. The van der Waals surface area contributed by atoms with E-state index in [0.717, 1.165) is 0 Å². The lowest BCUT2D eigenvalue weighted by Gasteiger charge is -2.37. The number of carboxylic acids is 1. The number of fused-ring (bicyclic) bond motifs is 1. The second kappa shape index (κ2) is 10.8. The molecule has 4 rings (SSSR count). The second-order valence-electron chi connectivity index (χ2n) is 8.06. The van der Waals surface area contributed by atoms with Crippen molar-refractivity contribution in [3.8, 4) is 5.88 Å². The molecule has 13 heteroatoms. The van der Waals surface area contributed by atoms with Crippen molar-refractivity contribution in [3.63, 3.8) is 0 Å². The van der Waals surface area contributed by atoms with Gasteiger partial charge in [0, 0.05) is 26.0 Å². The zero-order chi connectivity index (χ0) is 27.4. The van der Waals surface area contributed by atoms with Gasteiger partial charge in [-0.15, -0.1) is 0 Å². The van der Waals surface area contributed by atoms with E-state index in [1.807, 2.05) is 0 Å². The van der Waals surface area contributed by atoms with Crippen LogP contribution in [0.1, 0.15) is 35.1 Å². The lowest BCUT2D eigenvalue weighted by Crippen LogP contribution is -2.55. The summed E-state index contributed by atoms with van der Waals surface area (Å²) in [4.78, 5) is 38.8. The monoisotopic (exact) mass is 521 g/mol. The Bertz CT molecular complexity index is 1320. The first kappa shape index (κ1) is 27.3. The van der Waals surface area contributed by atoms with Crippen LogP contribution in [0, 0.1) is 0 Å². The molecular weight excluding hydrogens is 498 g/mol. The summed E-state index contributed by atoms with van der Waals surface area (Å²) in [5, 5.41) is 7.50. The van der Waals surface area contributed by atoms with Gasteiger partial charge in [0.1, 0.15) is 5.69 Å². The van der Waals surface area contributed by atoms with Gasteiger partial charge in [0.2, 0.25) is 5.88 Å². The highest BCUT2D eigenvalue weighted by Gasteiger charge is 2.47. The highest BCUT2D eigenvalue weighted by atomic mass is 19.3. The number of halogens is 4. The van der Waals surface area contributed by atoms with E-state index in [2.05, 4.69) is 33.1 Å². The Morgan fingerprint density at radius 3 is 2.54 bits per heavy atom. The van der Waals surface area contributed by atoms with Gasteiger partial charge in [-0.2, -0.15) is 8.78 Å². The largest absolute Gasteiger partial charge is 0.477 e. The van der Waals surface area contributed by atoms with Gasteiger partial charge < -0.3 is 19.7 Å². The Hall–Kier alpha value is -4.29. The SMILES string of the molecule is C=Cc1ccc(OC2CN(C(=O)c3ccc4[nH]cnc4n3)CCC2(F)F)nc1C=C.CC(F)(F)C(=O)O. The van der Waals surface area contributed by atoms with Crippen molar-refractivity contribution >= 4 is 35.2 Å². The molecule has 1 aliphatic rings. The van der Waals surface area contributed by atoms with Gasteiger partial charge in [0.15, 0.2) is 11.8 Å². The minimum Gasteiger partial charge on any atom is -0.477 e. The number of nitrogens with one attached hydrogen (secondary N) is 1. The summed E-state index contributed by atoms with van der Waals surface area (Å²) < 4.78 is 57.1.